The number of ether oxygens (including phenoxy) is 1. The van der Waals surface area contributed by atoms with Crippen molar-refractivity contribution in [3.05, 3.63) is 99.5 Å². The predicted molar refractivity (Wildman–Crippen MR) is 150 cm³/mol. The number of likely N-dealkylation sites (tertiary alicyclic amines) is 1. The Morgan fingerprint density at radius 3 is 2.32 bits per heavy atom. The summed E-state index contributed by atoms with van der Waals surface area (Å²) >= 11 is 12.4. The number of rotatable bonds is 8. The third kappa shape index (κ3) is 6.94. The van der Waals surface area contributed by atoms with E-state index in [2.05, 4.69) is 0 Å². The van der Waals surface area contributed by atoms with Crippen LogP contribution in [0.1, 0.15) is 41.3 Å². The lowest BCUT2D eigenvalue weighted by atomic mass is 9.96. The Hall–Kier alpha value is -3.35. The van der Waals surface area contributed by atoms with Gasteiger partial charge in [0.15, 0.2) is 0 Å². The van der Waals surface area contributed by atoms with Gasteiger partial charge in [-0.15, -0.1) is 0 Å². The molecule has 6 nitrogen and oxygen atoms in total. The van der Waals surface area contributed by atoms with E-state index < -0.39 is 0 Å². The third-order valence-corrected chi connectivity index (χ3v) is 7.18. The largest absolute Gasteiger partial charge is 0.466 e. The summed E-state index contributed by atoms with van der Waals surface area (Å²) in [6.07, 6.45) is 1.41. The number of carbonyl (C=O) groups is 3. The van der Waals surface area contributed by atoms with E-state index in [0.29, 0.717) is 55.4 Å². The van der Waals surface area contributed by atoms with Crippen LogP contribution in [0.5, 0.6) is 0 Å². The molecule has 1 aliphatic rings. The van der Waals surface area contributed by atoms with Crippen LogP contribution in [0, 0.1) is 5.92 Å². The maximum Gasteiger partial charge on any atom is 0.309 e. The Kier molecular flexibility index (Phi) is 9.43. The van der Waals surface area contributed by atoms with E-state index in [1.165, 1.54) is 0 Å². The van der Waals surface area contributed by atoms with Gasteiger partial charge in [-0.2, -0.15) is 0 Å². The molecule has 1 aliphatic heterocycles. The molecule has 4 rings (SSSR count). The number of carbonyl (C=O) groups excluding carboxylic acids is 3. The Morgan fingerprint density at radius 2 is 1.63 bits per heavy atom. The molecule has 0 radical (unpaired) electrons. The zero-order valence-corrected chi connectivity index (χ0v) is 22.8. The van der Waals surface area contributed by atoms with E-state index >= 15 is 0 Å². The molecule has 3 aromatic carbocycles. The number of piperidine rings is 1. The van der Waals surface area contributed by atoms with Gasteiger partial charge in [-0.3, -0.25) is 14.4 Å². The highest BCUT2D eigenvalue weighted by atomic mass is 35.5. The van der Waals surface area contributed by atoms with Gasteiger partial charge in [-0.1, -0.05) is 65.7 Å². The summed E-state index contributed by atoms with van der Waals surface area (Å²) in [5.41, 5.74) is 2.76. The quantitative estimate of drug-likeness (QED) is 0.313. The van der Waals surface area contributed by atoms with Crippen LogP contribution in [-0.4, -0.2) is 42.4 Å². The first-order valence-corrected chi connectivity index (χ1v) is 13.5. The first-order valence-electron chi connectivity index (χ1n) is 12.7. The van der Waals surface area contributed by atoms with E-state index in [0.717, 1.165) is 11.1 Å². The van der Waals surface area contributed by atoms with Crippen molar-refractivity contribution in [3.8, 4) is 0 Å². The molecule has 8 heteroatoms. The van der Waals surface area contributed by atoms with E-state index in [1.54, 1.807) is 34.9 Å². The number of anilines is 1. The van der Waals surface area contributed by atoms with Crippen molar-refractivity contribution in [1.29, 1.82) is 0 Å². The molecule has 0 spiro atoms. The average molecular weight is 553 g/mol. The molecule has 0 saturated carbocycles. The van der Waals surface area contributed by atoms with Gasteiger partial charge in [0, 0.05) is 23.8 Å². The molecule has 1 heterocycles. The summed E-state index contributed by atoms with van der Waals surface area (Å²) in [5.74, 6) is -0.609. The van der Waals surface area contributed by atoms with Crippen molar-refractivity contribution >= 4 is 46.7 Å². The standard InChI is InChI=1S/C30H30Cl2N2O4/c1-2-38-30(37)23-13-15-33(16-14-23)28(35)18-22-9-6-10-25(17-22)34(20-21-7-4-3-5-8-21)29(36)26-12-11-24(31)19-27(26)32/h3-12,17,19,23H,2,13-16,18,20H2,1H3. The highest BCUT2D eigenvalue weighted by Gasteiger charge is 2.28. The van der Waals surface area contributed by atoms with Crippen molar-refractivity contribution in [2.24, 2.45) is 5.92 Å². The number of hydrogen-bond donors (Lipinski definition) is 0. The highest BCUT2D eigenvalue weighted by molar-refractivity contribution is 6.37. The average Bonchev–Trinajstić information content (AvgIpc) is 2.92. The van der Waals surface area contributed by atoms with Gasteiger partial charge in [-0.25, -0.2) is 0 Å². The van der Waals surface area contributed by atoms with Crippen molar-refractivity contribution in [2.75, 3.05) is 24.6 Å². The van der Waals surface area contributed by atoms with Crippen molar-refractivity contribution < 1.29 is 19.1 Å². The van der Waals surface area contributed by atoms with Crippen LogP contribution in [0.3, 0.4) is 0 Å². The predicted octanol–water partition coefficient (Wildman–Crippen LogP) is 6.18. The zero-order valence-electron chi connectivity index (χ0n) is 21.2. The van der Waals surface area contributed by atoms with Crippen LogP contribution in [-0.2, 0) is 27.3 Å². The summed E-state index contributed by atoms with van der Waals surface area (Å²) in [6, 6.07) is 21.9. The molecule has 38 heavy (non-hydrogen) atoms. The third-order valence-electron chi connectivity index (χ3n) is 6.64. The van der Waals surface area contributed by atoms with Gasteiger partial charge >= 0.3 is 5.97 Å². The summed E-state index contributed by atoms with van der Waals surface area (Å²) in [5, 5.41) is 0.728. The fourth-order valence-corrected chi connectivity index (χ4v) is 5.09. The first-order chi connectivity index (χ1) is 18.4. The maximum absolute atomic E-state index is 13.7. The molecule has 0 unspecified atom stereocenters. The van der Waals surface area contributed by atoms with Crippen LogP contribution in [0.25, 0.3) is 0 Å². The second-order valence-corrected chi connectivity index (χ2v) is 10.1. The van der Waals surface area contributed by atoms with Crippen LogP contribution in [0.15, 0.2) is 72.8 Å². The topological polar surface area (TPSA) is 66.9 Å². The molecule has 1 fully saturated rings. The molecule has 198 valence electrons. The van der Waals surface area contributed by atoms with Gasteiger partial charge in [0.05, 0.1) is 36.1 Å². The van der Waals surface area contributed by atoms with Gasteiger partial charge < -0.3 is 14.5 Å². The minimum Gasteiger partial charge on any atom is -0.466 e. The van der Waals surface area contributed by atoms with E-state index in [9.17, 15) is 14.4 Å². The van der Waals surface area contributed by atoms with Gasteiger partial charge in [0.25, 0.3) is 5.91 Å². The zero-order chi connectivity index (χ0) is 27.1. The smallest absolute Gasteiger partial charge is 0.309 e. The van der Waals surface area contributed by atoms with Crippen molar-refractivity contribution in [1.82, 2.24) is 4.90 Å². The Bertz CT molecular complexity index is 1290. The molecule has 0 atom stereocenters. The lowest BCUT2D eigenvalue weighted by Gasteiger charge is -2.31. The number of benzene rings is 3. The molecule has 0 aliphatic carbocycles. The molecule has 0 aromatic heterocycles. The van der Waals surface area contributed by atoms with Gasteiger partial charge in [0.1, 0.15) is 0 Å². The molecule has 3 aromatic rings. The molecule has 0 N–H and O–H groups in total. The number of nitrogens with zero attached hydrogens (tertiary/aromatic N) is 2. The highest BCUT2D eigenvalue weighted by Crippen LogP contribution is 2.27. The fraction of sp³-hybridized carbons (Fsp3) is 0.300. The van der Waals surface area contributed by atoms with E-state index in [-0.39, 0.29) is 35.1 Å². The van der Waals surface area contributed by atoms with Crippen molar-refractivity contribution in [2.45, 2.75) is 32.7 Å². The molecule has 2 amide bonds. The Morgan fingerprint density at radius 1 is 0.921 bits per heavy atom. The molecule has 1 saturated heterocycles. The van der Waals surface area contributed by atoms with Crippen LogP contribution < -0.4 is 4.90 Å². The first kappa shape index (κ1) is 27.7. The summed E-state index contributed by atoms with van der Waals surface area (Å²) < 4.78 is 5.13. The lowest BCUT2D eigenvalue weighted by Crippen LogP contribution is -2.41. The summed E-state index contributed by atoms with van der Waals surface area (Å²) in [7, 11) is 0. The number of esters is 1. The second kappa shape index (κ2) is 12.9. The minimum absolute atomic E-state index is 0.00820. The van der Waals surface area contributed by atoms with E-state index in [1.807, 2.05) is 54.6 Å². The normalized spacial score (nSPS) is 13.7. The fourth-order valence-electron chi connectivity index (χ4n) is 4.60. The Labute approximate surface area is 233 Å². The number of hydrogen-bond acceptors (Lipinski definition) is 4. The van der Waals surface area contributed by atoms with Crippen molar-refractivity contribution in [3.63, 3.8) is 0 Å². The number of halogens is 2. The second-order valence-electron chi connectivity index (χ2n) is 9.25. The minimum atomic E-state index is -0.264. The number of amides is 2. The van der Waals surface area contributed by atoms with Gasteiger partial charge in [0.2, 0.25) is 5.91 Å². The van der Waals surface area contributed by atoms with Gasteiger partial charge in [-0.05, 0) is 61.2 Å². The SMILES string of the molecule is CCOC(=O)C1CCN(C(=O)Cc2cccc(N(Cc3ccccc3)C(=O)c3ccc(Cl)cc3Cl)c2)CC1. The van der Waals surface area contributed by atoms with Crippen LogP contribution >= 0.6 is 23.2 Å². The summed E-state index contributed by atoms with van der Waals surface area (Å²) in [4.78, 5) is 42.2. The van der Waals surface area contributed by atoms with E-state index in [4.69, 9.17) is 27.9 Å². The molecular weight excluding hydrogens is 523 g/mol. The summed E-state index contributed by atoms with van der Waals surface area (Å²) in [6.45, 7) is 3.54. The lowest BCUT2D eigenvalue weighted by molar-refractivity contribution is -0.151. The van der Waals surface area contributed by atoms with Crippen LogP contribution in [0.4, 0.5) is 5.69 Å². The Balaban J connectivity index is 1.52. The molecule has 0 bridgehead atoms. The monoisotopic (exact) mass is 552 g/mol. The maximum atomic E-state index is 13.7. The van der Waals surface area contributed by atoms with Crippen LogP contribution in [0.2, 0.25) is 10.0 Å². The molecular formula is C30H30Cl2N2O4.